The summed E-state index contributed by atoms with van der Waals surface area (Å²) >= 11 is 0. The summed E-state index contributed by atoms with van der Waals surface area (Å²) in [5.74, 6) is 0.0866. The van der Waals surface area contributed by atoms with E-state index in [1.807, 2.05) is 0 Å². The van der Waals surface area contributed by atoms with Crippen LogP contribution in [0.25, 0.3) is 10.4 Å². The number of carbonyl (C=O) groups excluding carboxylic acids is 1. The van der Waals surface area contributed by atoms with E-state index in [9.17, 15) is 4.79 Å². The monoisotopic (exact) mass is 181 g/mol. The highest BCUT2D eigenvalue weighted by Crippen LogP contribution is 2.10. The lowest BCUT2D eigenvalue weighted by atomic mass is 10.0. The fourth-order valence-corrected chi connectivity index (χ4v) is 1.09. The first-order chi connectivity index (χ1) is 6.35. The number of rotatable bonds is 8. The topological polar surface area (TPSA) is 65.8 Å². The Morgan fingerprint density at radius 3 is 2.85 bits per heavy atom. The molecule has 0 bridgehead atoms. The minimum absolute atomic E-state index is 0.0866. The normalized spacial score (nSPS) is 11.4. The van der Waals surface area contributed by atoms with Gasteiger partial charge in [0.1, 0.15) is 6.29 Å². The van der Waals surface area contributed by atoms with Gasteiger partial charge in [-0.05, 0) is 24.8 Å². The SMILES string of the molecule is C=CCC(C=O)CCCCN=[N+]=[N-]. The highest BCUT2D eigenvalue weighted by molar-refractivity contribution is 5.53. The summed E-state index contributed by atoms with van der Waals surface area (Å²) < 4.78 is 0. The van der Waals surface area contributed by atoms with Crippen molar-refractivity contribution in [3.8, 4) is 0 Å². The number of unbranched alkanes of at least 4 members (excludes halogenated alkanes) is 1. The van der Waals surface area contributed by atoms with Gasteiger partial charge in [-0.15, -0.1) is 6.58 Å². The molecule has 0 rings (SSSR count). The van der Waals surface area contributed by atoms with Crippen LogP contribution in [0, 0.1) is 5.92 Å². The Hall–Kier alpha value is -1.28. The zero-order valence-electron chi connectivity index (χ0n) is 7.72. The molecular weight excluding hydrogens is 166 g/mol. The Morgan fingerprint density at radius 2 is 2.31 bits per heavy atom. The predicted octanol–water partition coefficient (Wildman–Crippen LogP) is 2.86. The predicted molar refractivity (Wildman–Crippen MR) is 52.2 cm³/mol. The second-order valence-corrected chi connectivity index (χ2v) is 2.87. The number of azide groups is 1. The number of carbonyl (C=O) groups is 1. The second kappa shape index (κ2) is 8.81. The van der Waals surface area contributed by atoms with Gasteiger partial charge in [-0.25, -0.2) is 0 Å². The van der Waals surface area contributed by atoms with Crippen molar-refractivity contribution in [1.29, 1.82) is 0 Å². The van der Waals surface area contributed by atoms with Crippen molar-refractivity contribution in [3.05, 3.63) is 23.1 Å². The van der Waals surface area contributed by atoms with Gasteiger partial charge in [-0.1, -0.05) is 17.6 Å². The van der Waals surface area contributed by atoms with E-state index in [2.05, 4.69) is 16.6 Å². The van der Waals surface area contributed by atoms with Crippen molar-refractivity contribution in [2.75, 3.05) is 6.54 Å². The molecule has 13 heavy (non-hydrogen) atoms. The second-order valence-electron chi connectivity index (χ2n) is 2.87. The average Bonchev–Trinajstić information content (AvgIpc) is 2.16. The molecule has 0 fully saturated rings. The molecule has 0 aliphatic carbocycles. The van der Waals surface area contributed by atoms with Gasteiger partial charge >= 0.3 is 0 Å². The van der Waals surface area contributed by atoms with Crippen LogP contribution >= 0.6 is 0 Å². The van der Waals surface area contributed by atoms with Crippen molar-refractivity contribution in [2.45, 2.75) is 25.7 Å². The molecule has 1 unspecified atom stereocenters. The van der Waals surface area contributed by atoms with Crippen LogP contribution in [-0.2, 0) is 4.79 Å². The number of allylic oxidation sites excluding steroid dienone is 1. The molecule has 0 aromatic rings. The van der Waals surface area contributed by atoms with Crippen molar-refractivity contribution in [1.82, 2.24) is 0 Å². The van der Waals surface area contributed by atoms with Crippen LogP contribution < -0.4 is 0 Å². The molecule has 0 heterocycles. The van der Waals surface area contributed by atoms with Crippen molar-refractivity contribution in [3.63, 3.8) is 0 Å². The summed E-state index contributed by atoms with van der Waals surface area (Å²) in [6.45, 7) is 4.10. The number of nitrogens with zero attached hydrogens (tertiary/aromatic N) is 3. The maximum Gasteiger partial charge on any atom is 0.123 e. The first-order valence-electron chi connectivity index (χ1n) is 4.42. The zero-order valence-corrected chi connectivity index (χ0v) is 7.72. The van der Waals surface area contributed by atoms with Crippen LogP contribution in [0.1, 0.15) is 25.7 Å². The van der Waals surface area contributed by atoms with Gasteiger partial charge in [0.05, 0.1) is 0 Å². The Kier molecular flexibility index (Phi) is 7.95. The Morgan fingerprint density at radius 1 is 1.54 bits per heavy atom. The molecule has 0 saturated heterocycles. The summed E-state index contributed by atoms with van der Waals surface area (Å²) in [6, 6.07) is 0. The Bertz CT molecular complexity index is 197. The van der Waals surface area contributed by atoms with Gasteiger partial charge in [0.15, 0.2) is 0 Å². The summed E-state index contributed by atoms with van der Waals surface area (Å²) in [6.07, 6.45) is 6.10. The molecule has 0 N–H and O–H groups in total. The fraction of sp³-hybridized carbons (Fsp3) is 0.667. The first kappa shape index (κ1) is 11.7. The molecule has 0 aromatic heterocycles. The summed E-state index contributed by atoms with van der Waals surface area (Å²) in [4.78, 5) is 13.1. The molecule has 0 spiro atoms. The van der Waals surface area contributed by atoms with Crippen LogP contribution in [0.3, 0.4) is 0 Å². The van der Waals surface area contributed by atoms with E-state index >= 15 is 0 Å². The third-order valence-corrected chi connectivity index (χ3v) is 1.81. The summed E-state index contributed by atoms with van der Waals surface area (Å²) in [5.41, 5.74) is 7.99. The number of hydrogen-bond donors (Lipinski definition) is 0. The maximum atomic E-state index is 10.5. The maximum absolute atomic E-state index is 10.5. The van der Waals surface area contributed by atoms with Crippen molar-refractivity contribution >= 4 is 6.29 Å². The number of hydrogen-bond acceptors (Lipinski definition) is 2. The van der Waals surface area contributed by atoms with Gasteiger partial charge in [-0.3, -0.25) is 0 Å². The molecule has 1 atom stereocenters. The molecule has 0 aliphatic rings. The van der Waals surface area contributed by atoms with Gasteiger partial charge in [0.2, 0.25) is 0 Å². The quantitative estimate of drug-likeness (QED) is 0.142. The van der Waals surface area contributed by atoms with E-state index in [0.717, 1.165) is 32.0 Å². The van der Waals surface area contributed by atoms with E-state index in [1.54, 1.807) is 6.08 Å². The minimum Gasteiger partial charge on any atom is -0.303 e. The standard InChI is InChI=1S/C9H15N3O/c1-2-5-9(8-13)6-3-4-7-11-12-10/h2,8-9H,1,3-7H2. The van der Waals surface area contributed by atoms with Gasteiger partial charge in [0, 0.05) is 17.4 Å². The van der Waals surface area contributed by atoms with E-state index in [0.29, 0.717) is 6.54 Å². The van der Waals surface area contributed by atoms with Crippen LogP contribution in [0.15, 0.2) is 17.8 Å². The van der Waals surface area contributed by atoms with E-state index in [-0.39, 0.29) is 5.92 Å². The Balaban J connectivity index is 3.42. The fourth-order valence-electron chi connectivity index (χ4n) is 1.09. The van der Waals surface area contributed by atoms with Crippen molar-refractivity contribution < 1.29 is 4.79 Å². The average molecular weight is 181 g/mol. The molecule has 0 aromatic carbocycles. The molecule has 0 saturated carbocycles. The summed E-state index contributed by atoms with van der Waals surface area (Å²) in [5, 5.41) is 3.41. The summed E-state index contributed by atoms with van der Waals surface area (Å²) in [7, 11) is 0. The highest BCUT2D eigenvalue weighted by atomic mass is 16.1. The molecule has 0 aliphatic heterocycles. The third-order valence-electron chi connectivity index (χ3n) is 1.81. The van der Waals surface area contributed by atoms with Crippen LogP contribution in [-0.4, -0.2) is 12.8 Å². The van der Waals surface area contributed by atoms with Gasteiger partial charge < -0.3 is 4.79 Å². The first-order valence-corrected chi connectivity index (χ1v) is 4.42. The third kappa shape index (κ3) is 7.09. The molecule has 0 radical (unpaired) electrons. The lowest BCUT2D eigenvalue weighted by molar-refractivity contribution is -0.111. The smallest absolute Gasteiger partial charge is 0.123 e. The van der Waals surface area contributed by atoms with Crippen LogP contribution in [0.5, 0.6) is 0 Å². The van der Waals surface area contributed by atoms with Gasteiger partial charge in [0.25, 0.3) is 0 Å². The molecule has 0 amide bonds. The largest absolute Gasteiger partial charge is 0.303 e. The minimum atomic E-state index is 0.0866. The molecule has 72 valence electrons. The Labute approximate surface area is 78.3 Å². The molecule has 4 nitrogen and oxygen atoms in total. The van der Waals surface area contributed by atoms with Gasteiger partial charge in [-0.2, -0.15) is 0 Å². The van der Waals surface area contributed by atoms with Crippen molar-refractivity contribution in [2.24, 2.45) is 11.0 Å². The van der Waals surface area contributed by atoms with Crippen LogP contribution in [0.4, 0.5) is 0 Å². The molecule has 4 heteroatoms. The van der Waals surface area contributed by atoms with E-state index in [4.69, 9.17) is 5.53 Å². The zero-order chi connectivity index (χ0) is 9.94. The van der Waals surface area contributed by atoms with E-state index in [1.165, 1.54) is 0 Å². The lowest BCUT2D eigenvalue weighted by Gasteiger charge is -2.05. The lowest BCUT2D eigenvalue weighted by Crippen LogP contribution is -2.00. The van der Waals surface area contributed by atoms with Crippen LogP contribution in [0.2, 0.25) is 0 Å². The number of aldehydes is 1. The molecular formula is C9H15N3O. The highest BCUT2D eigenvalue weighted by Gasteiger charge is 2.03. The van der Waals surface area contributed by atoms with E-state index < -0.39 is 0 Å².